The average Bonchev–Trinajstić information content (AvgIpc) is 2.56. The number of unbranched alkanes of at least 4 members (excludes halogenated alkanes) is 3. The molecular formula is C22H34O2. The highest BCUT2D eigenvalue weighted by atomic mass is 16.4. The molecular weight excluding hydrogens is 296 g/mol. The molecule has 24 heavy (non-hydrogen) atoms. The molecule has 0 radical (unpaired) electrons. The van der Waals surface area contributed by atoms with E-state index in [1.807, 2.05) is 12.2 Å². The van der Waals surface area contributed by atoms with Gasteiger partial charge in [0, 0.05) is 6.42 Å². The van der Waals surface area contributed by atoms with Crippen LogP contribution in [0.4, 0.5) is 0 Å². The molecule has 134 valence electrons. The van der Waals surface area contributed by atoms with Crippen molar-refractivity contribution in [2.45, 2.75) is 71.1 Å². The lowest BCUT2D eigenvalue weighted by molar-refractivity contribution is -0.136. The van der Waals surface area contributed by atoms with E-state index < -0.39 is 5.97 Å². The summed E-state index contributed by atoms with van der Waals surface area (Å²) in [6.45, 7) is 2.23. The van der Waals surface area contributed by atoms with Gasteiger partial charge in [0.2, 0.25) is 0 Å². The summed E-state index contributed by atoms with van der Waals surface area (Å²) in [6.07, 6.45) is 31.4. The first kappa shape index (κ1) is 22.2. The van der Waals surface area contributed by atoms with E-state index in [0.29, 0.717) is 6.42 Å². The fourth-order valence-corrected chi connectivity index (χ4v) is 2.04. The van der Waals surface area contributed by atoms with E-state index in [-0.39, 0.29) is 6.42 Å². The minimum Gasteiger partial charge on any atom is -0.481 e. The minimum atomic E-state index is -0.739. The van der Waals surface area contributed by atoms with E-state index in [2.05, 4.69) is 55.5 Å². The van der Waals surface area contributed by atoms with Crippen LogP contribution in [0.5, 0.6) is 0 Å². The van der Waals surface area contributed by atoms with Gasteiger partial charge in [-0.25, -0.2) is 0 Å². The average molecular weight is 331 g/mol. The summed E-state index contributed by atoms with van der Waals surface area (Å²) in [5.74, 6) is -0.739. The van der Waals surface area contributed by atoms with Crippen molar-refractivity contribution in [3.63, 3.8) is 0 Å². The Bertz CT molecular complexity index is 425. The first-order valence-electron chi connectivity index (χ1n) is 9.24. The molecule has 0 aromatic carbocycles. The predicted molar refractivity (Wildman–Crippen MR) is 105 cm³/mol. The van der Waals surface area contributed by atoms with Gasteiger partial charge in [-0.1, -0.05) is 80.5 Å². The topological polar surface area (TPSA) is 37.3 Å². The summed E-state index contributed by atoms with van der Waals surface area (Å²) < 4.78 is 0. The Labute approximate surface area is 148 Å². The molecule has 0 saturated carbocycles. The summed E-state index contributed by atoms with van der Waals surface area (Å²) in [7, 11) is 0. The van der Waals surface area contributed by atoms with Crippen LogP contribution < -0.4 is 0 Å². The van der Waals surface area contributed by atoms with Crippen LogP contribution in [0.15, 0.2) is 60.8 Å². The number of allylic oxidation sites excluding steroid dienone is 10. The maximum absolute atomic E-state index is 10.3. The van der Waals surface area contributed by atoms with Crippen molar-refractivity contribution in [2.75, 3.05) is 0 Å². The van der Waals surface area contributed by atoms with Crippen LogP contribution >= 0.6 is 0 Å². The maximum Gasteiger partial charge on any atom is 0.303 e. The normalized spacial score (nSPS) is 12.7. The molecule has 0 atom stereocenters. The molecule has 0 aliphatic rings. The fourth-order valence-electron chi connectivity index (χ4n) is 2.04. The Morgan fingerprint density at radius 1 is 0.667 bits per heavy atom. The highest BCUT2D eigenvalue weighted by molar-refractivity contribution is 5.66. The van der Waals surface area contributed by atoms with Crippen LogP contribution in [0.1, 0.15) is 71.1 Å². The molecule has 0 aliphatic carbocycles. The van der Waals surface area contributed by atoms with Gasteiger partial charge in [0.15, 0.2) is 0 Å². The van der Waals surface area contributed by atoms with Crippen LogP contribution in [0.25, 0.3) is 0 Å². The number of carboxylic acids is 1. The molecule has 0 aromatic heterocycles. The van der Waals surface area contributed by atoms with Crippen LogP contribution in [-0.2, 0) is 4.79 Å². The summed E-state index contributed by atoms with van der Waals surface area (Å²) in [5.41, 5.74) is 0. The first-order chi connectivity index (χ1) is 11.8. The van der Waals surface area contributed by atoms with Gasteiger partial charge in [-0.3, -0.25) is 4.79 Å². The Kier molecular flexibility index (Phi) is 17.8. The van der Waals surface area contributed by atoms with Crippen molar-refractivity contribution in [2.24, 2.45) is 0 Å². The SMILES string of the molecule is CCCCC/C=C/C/C=C/C/C=C\C/C=C/C/C=C\CCC(=O)O. The van der Waals surface area contributed by atoms with Crippen LogP contribution in [0.3, 0.4) is 0 Å². The fraction of sp³-hybridized carbons (Fsp3) is 0.500. The first-order valence-corrected chi connectivity index (χ1v) is 9.24. The van der Waals surface area contributed by atoms with Crippen LogP contribution in [0, 0.1) is 0 Å². The van der Waals surface area contributed by atoms with E-state index in [0.717, 1.165) is 25.7 Å². The Morgan fingerprint density at radius 2 is 1.08 bits per heavy atom. The molecule has 0 fully saturated rings. The Balaban J connectivity index is 3.46. The zero-order chi connectivity index (χ0) is 17.7. The molecule has 0 bridgehead atoms. The molecule has 1 N–H and O–H groups in total. The number of hydrogen-bond acceptors (Lipinski definition) is 1. The third kappa shape index (κ3) is 20.2. The molecule has 2 heteroatoms. The molecule has 0 saturated heterocycles. The van der Waals surface area contributed by atoms with E-state index in [9.17, 15) is 4.79 Å². The lowest BCUT2D eigenvalue weighted by Crippen LogP contribution is -1.91. The second-order valence-electron chi connectivity index (χ2n) is 5.73. The van der Waals surface area contributed by atoms with Crippen molar-refractivity contribution in [3.05, 3.63) is 60.8 Å². The van der Waals surface area contributed by atoms with Crippen molar-refractivity contribution in [1.29, 1.82) is 0 Å². The van der Waals surface area contributed by atoms with E-state index in [4.69, 9.17) is 5.11 Å². The predicted octanol–water partition coefficient (Wildman–Crippen LogP) is 6.77. The number of carboxylic acid groups (broad SMARTS) is 1. The van der Waals surface area contributed by atoms with E-state index >= 15 is 0 Å². The molecule has 0 heterocycles. The van der Waals surface area contributed by atoms with Gasteiger partial charge < -0.3 is 5.11 Å². The quantitative estimate of drug-likeness (QED) is 0.265. The van der Waals surface area contributed by atoms with Gasteiger partial charge in [-0.15, -0.1) is 0 Å². The molecule has 0 aliphatic heterocycles. The molecule has 0 aromatic rings. The summed E-state index contributed by atoms with van der Waals surface area (Å²) in [5, 5.41) is 8.49. The molecule has 0 unspecified atom stereocenters. The van der Waals surface area contributed by atoms with Gasteiger partial charge in [0.05, 0.1) is 0 Å². The second kappa shape index (κ2) is 19.2. The van der Waals surface area contributed by atoms with Gasteiger partial charge in [-0.2, -0.15) is 0 Å². The van der Waals surface area contributed by atoms with Gasteiger partial charge in [0.1, 0.15) is 0 Å². The van der Waals surface area contributed by atoms with Crippen LogP contribution in [-0.4, -0.2) is 11.1 Å². The number of hydrogen-bond donors (Lipinski definition) is 1. The Hall–Kier alpha value is -1.83. The maximum atomic E-state index is 10.3. The van der Waals surface area contributed by atoms with Gasteiger partial charge >= 0.3 is 5.97 Å². The monoisotopic (exact) mass is 330 g/mol. The highest BCUT2D eigenvalue weighted by Crippen LogP contribution is 2.01. The largest absolute Gasteiger partial charge is 0.481 e. The van der Waals surface area contributed by atoms with Gasteiger partial charge in [-0.05, 0) is 44.9 Å². The van der Waals surface area contributed by atoms with Crippen molar-refractivity contribution >= 4 is 5.97 Å². The summed E-state index contributed by atoms with van der Waals surface area (Å²) in [6, 6.07) is 0. The summed E-state index contributed by atoms with van der Waals surface area (Å²) in [4.78, 5) is 10.3. The van der Waals surface area contributed by atoms with Crippen molar-refractivity contribution < 1.29 is 9.90 Å². The number of rotatable bonds is 15. The molecule has 0 rings (SSSR count). The Morgan fingerprint density at radius 3 is 1.50 bits per heavy atom. The lowest BCUT2D eigenvalue weighted by Gasteiger charge is -1.90. The summed E-state index contributed by atoms with van der Waals surface area (Å²) >= 11 is 0. The smallest absolute Gasteiger partial charge is 0.303 e. The van der Waals surface area contributed by atoms with Crippen molar-refractivity contribution in [3.8, 4) is 0 Å². The molecule has 0 amide bonds. The standard InChI is InChI=1S/C22H34O2/c1-2-3-4-5-6-7-8-9-10-11-12-13-14-15-16-17-18-19-20-21-22(23)24/h6-7,9-10,12-13,15-16,18-19H,2-5,8,11,14,17,20-21H2,1H3,(H,23,24)/b7-6+,10-9+,13-12-,16-15+,19-18-. The third-order valence-corrected chi connectivity index (χ3v) is 3.42. The highest BCUT2D eigenvalue weighted by Gasteiger charge is 1.90. The zero-order valence-corrected chi connectivity index (χ0v) is 15.2. The molecule has 0 spiro atoms. The number of aliphatic carboxylic acids is 1. The lowest BCUT2D eigenvalue weighted by atomic mass is 10.2. The van der Waals surface area contributed by atoms with E-state index in [1.165, 1.54) is 25.7 Å². The minimum absolute atomic E-state index is 0.213. The number of carbonyl (C=O) groups is 1. The zero-order valence-electron chi connectivity index (χ0n) is 15.2. The second-order valence-corrected chi connectivity index (χ2v) is 5.73. The van der Waals surface area contributed by atoms with Crippen LogP contribution in [0.2, 0.25) is 0 Å². The van der Waals surface area contributed by atoms with Crippen molar-refractivity contribution in [1.82, 2.24) is 0 Å². The van der Waals surface area contributed by atoms with Gasteiger partial charge in [0.25, 0.3) is 0 Å². The molecule has 2 nitrogen and oxygen atoms in total. The van der Waals surface area contributed by atoms with E-state index in [1.54, 1.807) is 0 Å². The third-order valence-electron chi connectivity index (χ3n) is 3.42.